The molecule has 4 atom stereocenters. The predicted molar refractivity (Wildman–Crippen MR) is 63.7 cm³/mol. The van der Waals surface area contributed by atoms with Crippen LogP contribution in [0.4, 0.5) is 0 Å². The molecule has 3 fully saturated rings. The summed E-state index contributed by atoms with van der Waals surface area (Å²) in [4.78, 5) is 0. The molecule has 3 aliphatic rings. The molecule has 3 heterocycles. The molecule has 0 aromatic rings. The van der Waals surface area contributed by atoms with E-state index >= 15 is 0 Å². The first-order chi connectivity index (χ1) is 7.79. The van der Waals surface area contributed by atoms with Crippen LogP contribution in [0.15, 0.2) is 0 Å². The van der Waals surface area contributed by atoms with Crippen molar-refractivity contribution in [3.63, 3.8) is 0 Å². The first kappa shape index (κ1) is 11.3. The number of ether oxygens (including phenoxy) is 2. The highest BCUT2D eigenvalue weighted by molar-refractivity contribution is 7.99. The summed E-state index contributed by atoms with van der Waals surface area (Å²) >= 11 is 1.89. The average molecular weight is 244 g/mol. The van der Waals surface area contributed by atoms with E-state index in [-0.39, 0.29) is 11.7 Å². The SMILES string of the molecule is OC1CSCC1C1CCOC2(CCOC2)C1. The fraction of sp³-hybridized carbons (Fsp3) is 1.00. The molecule has 0 aromatic heterocycles. The van der Waals surface area contributed by atoms with Crippen molar-refractivity contribution >= 4 is 11.8 Å². The molecule has 1 spiro atoms. The fourth-order valence-electron chi connectivity index (χ4n) is 3.30. The van der Waals surface area contributed by atoms with Crippen molar-refractivity contribution in [2.75, 3.05) is 31.3 Å². The Labute approximate surface area is 101 Å². The zero-order valence-electron chi connectivity index (χ0n) is 9.56. The van der Waals surface area contributed by atoms with Crippen molar-refractivity contribution < 1.29 is 14.6 Å². The van der Waals surface area contributed by atoms with Gasteiger partial charge in [-0.1, -0.05) is 0 Å². The summed E-state index contributed by atoms with van der Waals surface area (Å²) in [6.07, 6.45) is 3.16. The van der Waals surface area contributed by atoms with Crippen LogP contribution in [-0.2, 0) is 9.47 Å². The van der Waals surface area contributed by atoms with Crippen molar-refractivity contribution in [1.82, 2.24) is 0 Å². The van der Waals surface area contributed by atoms with Crippen LogP contribution < -0.4 is 0 Å². The quantitative estimate of drug-likeness (QED) is 0.754. The van der Waals surface area contributed by atoms with Gasteiger partial charge in [0.1, 0.15) is 0 Å². The minimum atomic E-state index is -0.0903. The molecule has 4 heteroatoms. The third-order valence-corrected chi connectivity index (χ3v) is 5.49. The normalized spacial score (nSPS) is 48.9. The lowest BCUT2D eigenvalue weighted by Crippen LogP contribution is -2.44. The molecule has 3 aliphatic heterocycles. The fourth-order valence-corrected chi connectivity index (χ4v) is 4.70. The molecule has 0 saturated carbocycles. The molecule has 0 amide bonds. The molecular formula is C12H20O3S. The van der Waals surface area contributed by atoms with Crippen molar-refractivity contribution in [2.45, 2.75) is 31.0 Å². The Morgan fingerprint density at radius 1 is 1.25 bits per heavy atom. The summed E-state index contributed by atoms with van der Waals surface area (Å²) in [5.74, 6) is 3.18. The Balaban J connectivity index is 1.67. The molecule has 16 heavy (non-hydrogen) atoms. The summed E-state index contributed by atoms with van der Waals surface area (Å²) in [6.45, 7) is 2.45. The number of hydrogen-bond donors (Lipinski definition) is 1. The topological polar surface area (TPSA) is 38.7 Å². The molecule has 92 valence electrons. The minimum Gasteiger partial charge on any atom is -0.392 e. The smallest absolute Gasteiger partial charge is 0.0939 e. The molecule has 3 nitrogen and oxygen atoms in total. The highest BCUT2D eigenvalue weighted by Crippen LogP contribution is 2.42. The van der Waals surface area contributed by atoms with Crippen LogP contribution in [0.2, 0.25) is 0 Å². The lowest BCUT2D eigenvalue weighted by Gasteiger charge is -2.40. The van der Waals surface area contributed by atoms with Crippen LogP contribution in [0.1, 0.15) is 19.3 Å². The molecular weight excluding hydrogens is 224 g/mol. The standard InChI is InChI=1S/C12H20O3S/c13-11-7-16-6-10(11)9-1-3-15-12(5-9)2-4-14-8-12/h9-11,13H,1-8H2. The number of aliphatic hydroxyl groups is 1. The van der Waals surface area contributed by atoms with Gasteiger partial charge in [0.15, 0.2) is 0 Å². The maximum absolute atomic E-state index is 9.98. The van der Waals surface area contributed by atoms with Crippen LogP contribution >= 0.6 is 11.8 Å². The maximum Gasteiger partial charge on any atom is 0.0939 e. The van der Waals surface area contributed by atoms with Gasteiger partial charge in [-0.05, 0) is 30.4 Å². The molecule has 0 bridgehead atoms. The van der Waals surface area contributed by atoms with Gasteiger partial charge < -0.3 is 14.6 Å². The van der Waals surface area contributed by atoms with E-state index in [9.17, 15) is 5.11 Å². The molecule has 4 unspecified atom stereocenters. The van der Waals surface area contributed by atoms with E-state index in [0.717, 1.165) is 50.6 Å². The molecule has 0 aliphatic carbocycles. The van der Waals surface area contributed by atoms with E-state index in [1.165, 1.54) is 0 Å². The number of hydrogen-bond acceptors (Lipinski definition) is 4. The van der Waals surface area contributed by atoms with Gasteiger partial charge in [0.05, 0.1) is 18.3 Å². The summed E-state index contributed by atoms with van der Waals surface area (Å²) in [5, 5.41) is 9.98. The highest BCUT2D eigenvalue weighted by Gasteiger charge is 2.45. The lowest BCUT2D eigenvalue weighted by atomic mass is 9.77. The van der Waals surface area contributed by atoms with Gasteiger partial charge in [-0.3, -0.25) is 0 Å². The summed E-state index contributed by atoms with van der Waals surface area (Å²) in [6, 6.07) is 0. The molecule has 0 aromatic carbocycles. The average Bonchev–Trinajstić information content (AvgIpc) is 2.88. The van der Waals surface area contributed by atoms with E-state index in [0.29, 0.717) is 11.8 Å². The monoisotopic (exact) mass is 244 g/mol. The number of rotatable bonds is 1. The van der Waals surface area contributed by atoms with Gasteiger partial charge in [0.2, 0.25) is 0 Å². The van der Waals surface area contributed by atoms with Gasteiger partial charge in [0.25, 0.3) is 0 Å². The van der Waals surface area contributed by atoms with E-state index in [1.807, 2.05) is 11.8 Å². The Bertz CT molecular complexity index is 253. The van der Waals surface area contributed by atoms with Gasteiger partial charge in [-0.15, -0.1) is 0 Å². The van der Waals surface area contributed by atoms with Crippen LogP contribution in [0.3, 0.4) is 0 Å². The van der Waals surface area contributed by atoms with Crippen molar-refractivity contribution in [3.05, 3.63) is 0 Å². The highest BCUT2D eigenvalue weighted by atomic mass is 32.2. The van der Waals surface area contributed by atoms with E-state index in [2.05, 4.69) is 0 Å². The summed E-state index contributed by atoms with van der Waals surface area (Å²) in [5.41, 5.74) is -0.00407. The van der Waals surface area contributed by atoms with Crippen LogP contribution in [0, 0.1) is 11.8 Å². The number of aliphatic hydroxyl groups excluding tert-OH is 1. The number of thioether (sulfide) groups is 1. The first-order valence-electron chi connectivity index (χ1n) is 6.27. The zero-order valence-corrected chi connectivity index (χ0v) is 10.4. The third kappa shape index (κ3) is 2.01. The second-order valence-corrected chi connectivity index (χ2v) is 6.43. The van der Waals surface area contributed by atoms with Gasteiger partial charge >= 0.3 is 0 Å². The Morgan fingerprint density at radius 2 is 2.19 bits per heavy atom. The Morgan fingerprint density at radius 3 is 2.88 bits per heavy atom. The minimum absolute atomic E-state index is 0.00407. The third-order valence-electron chi connectivity index (χ3n) is 4.30. The zero-order chi connectivity index (χ0) is 11.0. The molecule has 3 saturated heterocycles. The predicted octanol–water partition coefficient (Wildman–Crippen LogP) is 1.30. The summed E-state index contributed by atoms with van der Waals surface area (Å²) < 4.78 is 11.4. The van der Waals surface area contributed by atoms with Crippen LogP contribution in [0.5, 0.6) is 0 Å². The second kappa shape index (κ2) is 4.48. The van der Waals surface area contributed by atoms with Crippen molar-refractivity contribution in [1.29, 1.82) is 0 Å². The first-order valence-corrected chi connectivity index (χ1v) is 7.42. The van der Waals surface area contributed by atoms with Crippen molar-refractivity contribution in [2.24, 2.45) is 11.8 Å². The van der Waals surface area contributed by atoms with Crippen molar-refractivity contribution in [3.8, 4) is 0 Å². The summed E-state index contributed by atoms with van der Waals surface area (Å²) in [7, 11) is 0. The molecule has 1 N–H and O–H groups in total. The Kier molecular flexibility index (Phi) is 3.17. The van der Waals surface area contributed by atoms with E-state index < -0.39 is 0 Å². The van der Waals surface area contributed by atoms with Gasteiger partial charge in [-0.25, -0.2) is 0 Å². The second-order valence-electron chi connectivity index (χ2n) is 5.36. The lowest BCUT2D eigenvalue weighted by molar-refractivity contribution is -0.111. The van der Waals surface area contributed by atoms with Crippen LogP contribution in [-0.4, -0.2) is 48.1 Å². The maximum atomic E-state index is 9.98. The van der Waals surface area contributed by atoms with Crippen LogP contribution in [0.25, 0.3) is 0 Å². The largest absolute Gasteiger partial charge is 0.392 e. The molecule has 0 radical (unpaired) electrons. The van der Waals surface area contributed by atoms with Gasteiger partial charge in [0, 0.05) is 25.4 Å². The van der Waals surface area contributed by atoms with Gasteiger partial charge in [-0.2, -0.15) is 11.8 Å². The Hall–Kier alpha value is 0.230. The molecule has 3 rings (SSSR count). The van der Waals surface area contributed by atoms with E-state index in [1.54, 1.807) is 0 Å². The van der Waals surface area contributed by atoms with E-state index in [4.69, 9.17) is 9.47 Å².